The smallest absolute Gasteiger partial charge is 0.249 e. The number of carbonyl (C=O) groups is 1. The molecular weight excluding hydrogens is 369 g/mol. The first-order valence-corrected chi connectivity index (χ1v) is 9.88. The number of carbonyl (C=O) groups excluding carboxylic acids is 1. The van der Waals surface area contributed by atoms with Gasteiger partial charge in [-0.15, -0.1) is 11.3 Å². The minimum atomic E-state index is -0.523. The molecule has 1 amide bonds. The summed E-state index contributed by atoms with van der Waals surface area (Å²) in [6.45, 7) is 3.76. The van der Waals surface area contributed by atoms with Crippen molar-refractivity contribution >= 4 is 17.2 Å². The zero-order chi connectivity index (χ0) is 18.7. The topological polar surface area (TPSA) is 63.7 Å². The van der Waals surface area contributed by atoms with Crippen LogP contribution in [0.15, 0.2) is 35.8 Å². The van der Waals surface area contributed by atoms with Gasteiger partial charge < -0.3 is 14.8 Å². The molecule has 0 radical (unpaired) electrons. The molecule has 2 atom stereocenters. The Bertz CT molecular complexity index is 771. The molecular formula is C19H22FN3O3S. The molecule has 3 heterocycles. The Morgan fingerprint density at radius 1 is 1.41 bits per heavy atom. The maximum atomic E-state index is 13.0. The molecule has 8 heteroatoms. The lowest BCUT2D eigenvalue weighted by atomic mass is 9.97. The van der Waals surface area contributed by atoms with Crippen molar-refractivity contribution in [3.05, 3.63) is 52.2 Å². The molecule has 0 bridgehead atoms. The van der Waals surface area contributed by atoms with Gasteiger partial charge in [-0.25, -0.2) is 9.37 Å². The molecule has 2 unspecified atom stereocenters. The molecule has 4 rings (SSSR count). The van der Waals surface area contributed by atoms with Crippen molar-refractivity contribution in [2.24, 2.45) is 0 Å². The molecule has 6 nitrogen and oxygen atoms in total. The normalized spacial score (nSPS) is 25.7. The van der Waals surface area contributed by atoms with Gasteiger partial charge in [-0.3, -0.25) is 9.69 Å². The highest BCUT2D eigenvalue weighted by Gasteiger charge is 2.46. The monoisotopic (exact) mass is 391 g/mol. The lowest BCUT2D eigenvalue weighted by Gasteiger charge is -2.39. The van der Waals surface area contributed by atoms with E-state index < -0.39 is 11.7 Å². The molecule has 2 aliphatic heterocycles. The zero-order valence-electron chi connectivity index (χ0n) is 14.9. The van der Waals surface area contributed by atoms with Crippen LogP contribution in [0.1, 0.15) is 17.0 Å². The summed E-state index contributed by atoms with van der Waals surface area (Å²) in [4.78, 5) is 19.1. The van der Waals surface area contributed by atoms with E-state index in [1.54, 1.807) is 23.5 Å². The van der Waals surface area contributed by atoms with E-state index in [1.165, 1.54) is 12.1 Å². The summed E-state index contributed by atoms with van der Waals surface area (Å²) in [5, 5.41) is 5.93. The van der Waals surface area contributed by atoms with Gasteiger partial charge in [0.25, 0.3) is 0 Å². The molecule has 0 aliphatic carbocycles. The van der Waals surface area contributed by atoms with Crippen molar-refractivity contribution in [2.45, 2.75) is 31.2 Å². The second-order valence-corrected chi connectivity index (χ2v) is 8.00. The number of thiazole rings is 1. The molecule has 1 aromatic carbocycles. The largest absolute Gasteiger partial charge is 0.370 e. The molecule has 2 saturated heterocycles. The van der Waals surface area contributed by atoms with E-state index in [2.05, 4.69) is 15.2 Å². The molecule has 0 saturated carbocycles. The third-order valence-electron chi connectivity index (χ3n) is 4.95. The lowest BCUT2D eigenvalue weighted by molar-refractivity contribution is -0.130. The molecule has 144 valence electrons. The Morgan fingerprint density at radius 3 is 3.04 bits per heavy atom. The summed E-state index contributed by atoms with van der Waals surface area (Å²) < 4.78 is 24.7. The first-order chi connectivity index (χ1) is 13.1. The number of morpholine rings is 1. The van der Waals surface area contributed by atoms with Crippen molar-refractivity contribution in [3.63, 3.8) is 0 Å². The molecule has 2 fully saturated rings. The Morgan fingerprint density at radius 2 is 2.26 bits per heavy atom. The van der Waals surface area contributed by atoms with Gasteiger partial charge in [0.05, 0.1) is 19.8 Å². The van der Waals surface area contributed by atoms with Crippen LogP contribution in [-0.4, -0.2) is 53.8 Å². The number of hydrogen-bond donors (Lipinski definition) is 1. The third-order valence-corrected chi connectivity index (χ3v) is 5.71. The van der Waals surface area contributed by atoms with Crippen LogP contribution in [0, 0.1) is 5.82 Å². The third kappa shape index (κ3) is 4.52. The highest BCUT2D eigenvalue weighted by atomic mass is 32.1. The van der Waals surface area contributed by atoms with Crippen LogP contribution in [0.2, 0.25) is 0 Å². The van der Waals surface area contributed by atoms with E-state index in [9.17, 15) is 9.18 Å². The first kappa shape index (κ1) is 18.5. The second kappa shape index (κ2) is 8.02. The van der Waals surface area contributed by atoms with Crippen molar-refractivity contribution in [1.82, 2.24) is 15.2 Å². The maximum Gasteiger partial charge on any atom is 0.249 e. The van der Waals surface area contributed by atoms with Crippen molar-refractivity contribution in [2.75, 3.05) is 26.3 Å². The maximum absolute atomic E-state index is 13.0. The predicted molar refractivity (Wildman–Crippen MR) is 98.7 cm³/mol. The fourth-order valence-corrected chi connectivity index (χ4v) is 4.23. The van der Waals surface area contributed by atoms with Crippen LogP contribution >= 0.6 is 11.3 Å². The molecule has 2 aliphatic rings. The summed E-state index contributed by atoms with van der Waals surface area (Å²) in [7, 11) is 0. The second-order valence-electron chi connectivity index (χ2n) is 7.02. The SMILES string of the molecule is O=C(NCc1ccc(F)cc1)C1CC2(CO1)CN(Cc1nccs1)CCO2. The number of hydrogen-bond acceptors (Lipinski definition) is 6. The zero-order valence-corrected chi connectivity index (χ0v) is 15.7. The highest BCUT2D eigenvalue weighted by molar-refractivity contribution is 7.09. The van der Waals surface area contributed by atoms with E-state index in [0.717, 1.165) is 30.2 Å². The van der Waals surface area contributed by atoms with Gasteiger partial charge in [0.15, 0.2) is 0 Å². The minimum Gasteiger partial charge on any atom is -0.370 e. The van der Waals surface area contributed by atoms with Gasteiger partial charge in [-0.05, 0) is 17.7 Å². The summed E-state index contributed by atoms with van der Waals surface area (Å²) in [6.07, 6.45) is 1.83. The molecule has 1 aromatic heterocycles. The predicted octanol–water partition coefficient (Wildman–Crippen LogP) is 1.96. The highest BCUT2D eigenvalue weighted by Crippen LogP contribution is 2.32. The summed E-state index contributed by atoms with van der Waals surface area (Å²) in [5.41, 5.74) is 0.411. The number of amides is 1. The Balaban J connectivity index is 1.30. The number of halogens is 1. The number of nitrogens with zero attached hydrogens (tertiary/aromatic N) is 2. The van der Waals surface area contributed by atoms with Crippen molar-refractivity contribution < 1.29 is 18.7 Å². The molecule has 1 spiro atoms. The number of benzene rings is 1. The van der Waals surface area contributed by atoms with Gasteiger partial charge >= 0.3 is 0 Å². The fraction of sp³-hybridized carbons (Fsp3) is 0.474. The van der Waals surface area contributed by atoms with E-state index in [4.69, 9.17) is 9.47 Å². The van der Waals surface area contributed by atoms with Crippen LogP contribution in [0.25, 0.3) is 0 Å². The quantitative estimate of drug-likeness (QED) is 0.844. The number of rotatable bonds is 5. The van der Waals surface area contributed by atoms with E-state index in [1.807, 2.05) is 11.6 Å². The lowest BCUT2D eigenvalue weighted by Crippen LogP contribution is -2.52. The van der Waals surface area contributed by atoms with E-state index in [0.29, 0.717) is 26.2 Å². The Kier molecular flexibility index (Phi) is 5.49. The average Bonchev–Trinajstić information content (AvgIpc) is 3.32. The van der Waals surface area contributed by atoms with Gasteiger partial charge in [-0.1, -0.05) is 12.1 Å². The van der Waals surface area contributed by atoms with E-state index >= 15 is 0 Å². The fourth-order valence-electron chi connectivity index (χ4n) is 3.57. The van der Waals surface area contributed by atoms with Crippen molar-refractivity contribution in [1.29, 1.82) is 0 Å². The average molecular weight is 391 g/mol. The Labute approximate surface area is 161 Å². The minimum absolute atomic E-state index is 0.156. The van der Waals surface area contributed by atoms with Gasteiger partial charge in [0.1, 0.15) is 22.5 Å². The summed E-state index contributed by atoms with van der Waals surface area (Å²) in [5.74, 6) is -0.445. The van der Waals surface area contributed by atoms with Crippen LogP contribution in [0.5, 0.6) is 0 Å². The van der Waals surface area contributed by atoms with Gasteiger partial charge in [-0.2, -0.15) is 0 Å². The summed E-state index contributed by atoms with van der Waals surface area (Å²) in [6, 6.07) is 6.09. The van der Waals surface area contributed by atoms with Crippen molar-refractivity contribution in [3.8, 4) is 0 Å². The van der Waals surface area contributed by atoms with Crippen LogP contribution in [0.3, 0.4) is 0 Å². The van der Waals surface area contributed by atoms with Crippen LogP contribution in [-0.2, 0) is 27.4 Å². The molecule has 2 aromatic rings. The standard InChI is InChI=1S/C19H22FN3O3S/c20-15-3-1-14(2-4-15)10-22-18(24)16-9-19(13-25-16)12-23(6-7-26-19)11-17-21-5-8-27-17/h1-5,8,16H,6-7,9-13H2,(H,22,24). The number of aromatic nitrogens is 1. The van der Waals surface area contributed by atoms with E-state index in [-0.39, 0.29) is 11.7 Å². The molecule has 27 heavy (non-hydrogen) atoms. The number of ether oxygens (including phenoxy) is 2. The van der Waals surface area contributed by atoms with Crippen LogP contribution in [0.4, 0.5) is 4.39 Å². The van der Waals surface area contributed by atoms with Gasteiger partial charge in [0.2, 0.25) is 5.91 Å². The first-order valence-electron chi connectivity index (χ1n) is 9.00. The summed E-state index contributed by atoms with van der Waals surface area (Å²) >= 11 is 1.65. The molecule has 1 N–H and O–H groups in total. The van der Waals surface area contributed by atoms with Gasteiger partial charge in [0, 0.05) is 37.6 Å². The van der Waals surface area contributed by atoms with Crippen LogP contribution < -0.4 is 5.32 Å². The number of nitrogens with one attached hydrogen (secondary N) is 1. The Hall–Kier alpha value is -1.87.